The lowest BCUT2D eigenvalue weighted by Crippen LogP contribution is -2.43. The van der Waals surface area contributed by atoms with Crippen LogP contribution in [0.15, 0.2) is 28.7 Å². The van der Waals surface area contributed by atoms with Gasteiger partial charge in [0.05, 0.1) is 12.9 Å². The van der Waals surface area contributed by atoms with Crippen molar-refractivity contribution in [2.45, 2.75) is 19.4 Å². The Hall–Kier alpha value is -1.90. The summed E-state index contributed by atoms with van der Waals surface area (Å²) < 4.78 is 36.2. The number of para-hydroxylation sites is 1. The van der Waals surface area contributed by atoms with Gasteiger partial charge in [-0.3, -0.25) is 4.79 Å². The molecular formula is C18H24N2O5S. The van der Waals surface area contributed by atoms with Gasteiger partial charge >= 0.3 is 0 Å². The smallest absolute Gasteiger partial charge is 0.290 e. The zero-order valence-electron chi connectivity index (χ0n) is 15.0. The van der Waals surface area contributed by atoms with Crippen molar-refractivity contribution in [1.82, 2.24) is 9.62 Å². The number of nitrogens with zero attached hydrogens (tertiary/aromatic N) is 1. The third-order valence-electron chi connectivity index (χ3n) is 4.62. The molecule has 7 nitrogen and oxygen atoms in total. The van der Waals surface area contributed by atoms with E-state index in [0.29, 0.717) is 37.6 Å². The summed E-state index contributed by atoms with van der Waals surface area (Å²) in [6.45, 7) is 1.78. The molecule has 1 aliphatic heterocycles. The number of nitrogens with one attached hydrogen (secondary N) is 1. The molecule has 0 saturated carbocycles. The quantitative estimate of drug-likeness (QED) is 0.828. The Morgan fingerprint density at radius 1 is 1.38 bits per heavy atom. The van der Waals surface area contributed by atoms with Gasteiger partial charge in [0.15, 0.2) is 5.76 Å². The Morgan fingerprint density at radius 3 is 2.88 bits per heavy atom. The van der Waals surface area contributed by atoms with Gasteiger partial charge in [0, 0.05) is 37.7 Å². The predicted octanol–water partition coefficient (Wildman–Crippen LogP) is 1.98. The summed E-state index contributed by atoms with van der Waals surface area (Å²) in [5, 5.41) is 0.880. The number of likely N-dealkylation sites (tertiary alicyclic amines) is 1. The normalized spacial score (nSPS) is 18.4. The summed E-state index contributed by atoms with van der Waals surface area (Å²) in [4.78, 5) is 14.8. The van der Waals surface area contributed by atoms with Crippen LogP contribution < -0.4 is 4.72 Å². The molecule has 1 aromatic carbocycles. The van der Waals surface area contributed by atoms with E-state index in [2.05, 4.69) is 4.72 Å². The Bertz CT molecular complexity index is 890. The zero-order valence-corrected chi connectivity index (χ0v) is 15.8. The van der Waals surface area contributed by atoms with E-state index in [-0.39, 0.29) is 11.8 Å². The van der Waals surface area contributed by atoms with Gasteiger partial charge in [0.25, 0.3) is 5.91 Å². The second kappa shape index (κ2) is 7.77. The number of sulfonamides is 1. The van der Waals surface area contributed by atoms with Gasteiger partial charge in [-0.2, -0.15) is 0 Å². The van der Waals surface area contributed by atoms with Crippen LogP contribution in [0.2, 0.25) is 0 Å². The molecule has 26 heavy (non-hydrogen) atoms. The van der Waals surface area contributed by atoms with Crippen molar-refractivity contribution >= 4 is 26.9 Å². The van der Waals surface area contributed by atoms with Crippen LogP contribution in [0.5, 0.6) is 0 Å². The summed E-state index contributed by atoms with van der Waals surface area (Å²) in [7, 11) is -1.65. The first-order valence-electron chi connectivity index (χ1n) is 8.62. The van der Waals surface area contributed by atoms with E-state index in [4.69, 9.17) is 9.15 Å². The lowest BCUT2D eigenvalue weighted by molar-refractivity contribution is 0.0640. The van der Waals surface area contributed by atoms with Crippen LogP contribution in [0.25, 0.3) is 11.0 Å². The van der Waals surface area contributed by atoms with E-state index < -0.39 is 10.0 Å². The van der Waals surface area contributed by atoms with Crippen LogP contribution in [0.4, 0.5) is 0 Å². The Morgan fingerprint density at radius 2 is 2.15 bits per heavy atom. The number of ether oxygens (including phenoxy) is 1. The van der Waals surface area contributed by atoms with Crippen LogP contribution >= 0.6 is 0 Å². The van der Waals surface area contributed by atoms with Crippen molar-refractivity contribution in [2.75, 3.05) is 33.0 Å². The fourth-order valence-corrected chi connectivity index (χ4v) is 3.93. The number of carbonyl (C=O) groups excluding carboxylic acids is 1. The summed E-state index contributed by atoms with van der Waals surface area (Å²) in [5.74, 6) is 0.236. The number of furan rings is 1. The van der Waals surface area contributed by atoms with E-state index in [0.717, 1.165) is 30.0 Å². The molecule has 1 amide bonds. The first kappa shape index (κ1) is 18.9. The van der Waals surface area contributed by atoms with E-state index in [1.807, 2.05) is 24.3 Å². The molecule has 0 aliphatic carbocycles. The average Bonchev–Trinajstić information content (AvgIpc) is 2.98. The van der Waals surface area contributed by atoms with Crippen molar-refractivity contribution in [1.29, 1.82) is 0 Å². The minimum absolute atomic E-state index is 0.0951. The van der Waals surface area contributed by atoms with Gasteiger partial charge in [-0.15, -0.1) is 0 Å². The molecule has 2 aromatic rings. The third kappa shape index (κ3) is 4.25. The molecule has 1 fully saturated rings. The Labute approximate surface area is 153 Å². The average molecular weight is 380 g/mol. The fourth-order valence-electron chi connectivity index (χ4n) is 3.39. The van der Waals surface area contributed by atoms with E-state index in [1.54, 1.807) is 12.0 Å². The number of methoxy groups -OCH3 is 1. The highest BCUT2D eigenvalue weighted by Crippen LogP contribution is 2.29. The maximum absolute atomic E-state index is 13.0. The molecule has 0 spiro atoms. The summed E-state index contributed by atoms with van der Waals surface area (Å²) in [6, 6.07) is 7.52. The van der Waals surface area contributed by atoms with E-state index in [1.165, 1.54) is 0 Å². The minimum Gasteiger partial charge on any atom is -0.451 e. The molecule has 1 atom stereocenters. The zero-order chi connectivity index (χ0) is 18.7. The van der Waals surface area contributed by atoms with Crippen molar-refractivity contribution in [3.8, 4) is 0 Å². The van der Waals surface area contributed by atoms with E-state index >= 15 is 0 Å². The van der Waals surface area contributed by atoms with Crippen LogP contribution in [-0.4, -0.2) is 52.2 Å². The Kier molecular flexibility index (Phi) is 5.64. The second-order valence-electron chi connectivity index (χ2n) is 6.72. The number of rotatable bonds is 6. The van der Waals surface area contributed by atoms with E-state index in [9.17, 15) is 13.2 Å². The van der Waals surface area contributed by atoms with Gasteiger partial charge in [0.1, 0.15) is 5.58 Å². The maximum atomic E-state index is 13.0. The lowest BCUT2D eigenvalue weighted by Gasteiger charge is -2.32. The van der Waals surface area contributed by atoms with Crippen molar-refractivity contribution in [3.63, 3.8) is 0 Å². The molecule has 1 saturated heterocycles. The topological polar surface area (TPSA) is 88.9 Å². The van der Waals surface area contributed by atoms with Crippen molar-refractivity contribution < 1.29 is 22.4 Å². The molecule has 1 aromatic heterocycles. The lowest BCUT2D eigenvalue weighted by atomic mass is 9.98. The van der Waals surface area contributed by atoms with Gasteiger partial charge in [-0.1, -0.05) is 18.2 Å². The molecule has 1 unspecified atom stereocenters. The molecule has 1 aliphatic rings. The molecule has 3 rings (SSSR count). The highest BCUT2D eigenvalue weighted by Gasteiger charge is 2.29. The predicted molar refractivity (Wildman–Crippen MR) is 98.4 cm³/mol. The standard InChI is InChI=1S/C18H24N2O5S/c1-24-12-15-14-7-3-4-8-16(14)25-17(15)18(21)20-9-5-6-13(11-20)10-19-26(2,22)23/h3-4,7-8,13,19H,5-6,9-12H2,1-2H3. The number of benzene rings is 1. The van der Waals surface area contributed by atoms with Gasteiger partial charge in [-0.05, 0) is 24.8 Å². The number of fused-ring (bicyclic) bond motifs is 1. The third-order valence-corrected chi connectivity index (χ3v) is 5.31. The number of hydrogen-bond donors (Lipinski definition) is 1. The van der Waals surface area contributed by atoms with Gasteiger partial charge in [-0.25, -0.2) is 13.1 Å². The summed E-state index contributed by atoms with van der Waals surface area (Å²) in [6.07, 6.45) is 2.86. The SMILES string of the molecule is COCc1c(C(=O)N2CCCC(CNS(C)(=O)=O)C2)oc2ccccc12. The van der Waals surface area contributed by atoms with Crippen LogP contribution in [-0.2, 0) is 21.4 Å². The number of piperidine rings is 1. The first-order chi connectivity index (χ1) is 12.4. The van der Waals surface area contributed by atoms with Crippen LogP contribution in [0.1, 0.15) is 29.0 Å². The maximum Gasteiger partial charge on any atom is 0.290 e. The monoisotopic (exact) mass is 380 g/mol. The number of amides is 1. The highest BCUT2D eigenvalue weighted by atomic mass is 32.2. The highest BCUT2D eigenvalue weighted by molar-refractivity contribution is 7.88. The number of carbonyl (C=O) groups is 1. The molecule has 8 heteroatoms. The largest absolute Gasteiger partial charge is 0.451 e. The van der Waals surface area contributed by atoms with Gasteiger partial charge < -0.3 is 14.1 Å². The molecule has 0 bridgehead atoms. The van der Waals surface area contributed by atoms with Crippen LogP contribution in [0, 0.1) is 5.92 Å². The fraction of sp³-hybridized carbons (Fsp3) is 0.500. The Balaban J connectivity index is 1.80. The number of hydrogen-bond acceptors (Lipinski definition) is 5. The molecule has 142 valence electrons. The van der Waals surface area contributed by atoms with Gasteiger partial charge in [0.2, 0.25) is 10.0 Å². The summed E-state index contributed by atoms with van der Waals surface area (Å²) >= 11 is 0. The molecular weight excluding hydrogens is 356 g/mol. The molecule has 0 radical (unpaired) electrons. The van der Waals surface area contributed by atoms with Crippen LogP contribution in [0.3, 0.4) is 0 Å². The minimum atomic E-state index is -3.23. The summed E-state index contributed by atoms with van der Waals surface area (Å²) in [5.41, 5.74) is 1.42. The molecule has 2 heterocycles. The van der Waals surface area contributed by atoms with Crippen molar-refractivity contribution in [2.24, 2.45) is 5.92 Å². The molecule has 1 N–H and O–H groups in total. The second-order valence-corrected chi connectivity index (χ2v) is 8.55. The first-order valence-corrected chi connectivity index (χ1v) is 10.5. The van der Waals surface area contributed by atoms with Crippen molar-refractivity contribution in [3.05, 3.63) is 35.6 Å².